The molecule has 110 valence electrons. The molecule has 1 rings (SSSR count). The van der Waals surface area contributed by atoms with Crippen LogP contribution in [0.4, 0.5) is 4.79 Å². The van der Waals surface area contributed by atoms with Crippen LogP contribution in [0.1, 0.15) is 27.2 Å². The third-order valence-corrected chi connectivity index (χ3v) is 2.92. The Kier molecular flexibility index (Phi) is 5.17. The number of aliphatic carboxylic acids is 1. The van der Waals surface area contributed by atoms with Gasteiger partial charge in [-0.25, -0.2) is 4.79 Å². The van der Waals surface area contributed by atoms with Gasteiger partial charge in [0.2, 0.25) is 0 Å². The fourth-order valence-corrected chi connectivity index (χ4v) is 2.28. The van der Waals surface area contributed by atoms with Crippen molar-refractivity contribution in [2.75, 3.05) is 33.4 Å². The van der Waals surface area contributed by atoms with E-state index < -0.39 is 5.97 Å². The number of carbonyl (C=O) groups excluding carboxylic acids is 1. The van der Waals surface area contributed by atoms with E-state index in [4.69, 9.17) is 9.84 Å². The van der Waals surface area contributed by atoms with E-state index in [-0.39, 0.29) is 23.9 Å². The molecule has 0 spiro atoms. The molecule has 1 aliphatic heterocycles. The zero-order valence-corrected chi connectivity index (χ0v) is 12.2. The molecule has 0 aliphatic carbocycles. The first kappa shape index (κ1) is 15.8. The summed E-state index contributed by atoms with van der Waals surface area (Å²) in [7, 11) is 1.75. The van der Waals surface area contributed by atoms with Crippen molar-refractivity contribution in [3.63, 3.8) is 0 Å². The summed E-state index contributed by atoms with van der Waals surface area (Å²) in [5.74, 6) is -0.910. The van der Waals surface area contributed by atoms with Crippen LogP contribution in [0.3, 0.4) is 0 Å². The summed E-state index contributed by atoms with van der Waals surface area (Å²) in [4.78, 5) is 26.5. The van der Waals surface area contributed by atoms with Gasteiger partial charge in [0.05, 0.1) is 25.7 Å². The van der Waals surface area contributed by atoms with Crippen LogP contribution >= 0.6 is 0 Å². The van der Waals surface area contributed by atoms with Gasteiger partial charge >= 0.3 is 12.0 Å². The van der Waals surface area contributed by atoms with E-state index in [0.29, 0.717) is 26.3 Å². The van der Waals surface area contributed by atoms with Gasteiger partial charge in [-0.1, -0.05) is 20.8 Å². The largest absolute Gasteiger partial charge is 0.481 e. The molecular weight excluding hydrogens is 248 g/mol. The summed E-state index contributed by atoms with van der Waals surface area (Å²) in [6.07, 6.45) is -0.0743. The van der Waals surface area contributed by atoms with Crippen LogP contribution < -0.4 is 0 Å². The molecule has 1 N–H and O–H groups in total. The first-order valence-corrected chi connectivity index (χ1v) is 6.52. The molecular formula is C13H24N2O4. The van der Waals surface area contributed by atoms with Gasteiger partial charge in [0.1, 0.15) is 0 Å². The van der Waals surface area contributed by atoms with Gasteiger partial charge in [-0.3, -0.25) is 4.79 Å². The van der Waals surface area contributed by atoms with Crippen molar-refractivity contribution in [2.45, 2.75) is 33.2 Å². The molecule has 1 atom stereocenters. The molecule has 1 fully saturated rings. The molecule has 0 bridgehead atoms. The number of hydrogen-bond acceptors (Lipinski definition) is 3. The number of carboxylic acid groups (broad SMARTS) is 1. The van der Waals surface area contributed by atoms with Crippen LogP contribution in [0.5, 0.6) is 0 Å². The summed E-state index contributed by atoms with van der Waals surface area (Å²) in [5, 5.41) is 8.88. The Morgan fingerprint density at radius 1 is 1.42 bits per heavy atom. The monoisotopic (exact) mass is 272 g/mol. The lowest BCUT2D eigenvalue weighted by Crippen LogP contribution is -2.54. The molecule has 1 heterocycles. The number of ether oxygens (including phenoxy) is 1. The Morgan fingerprint density at radius 2 is 2.05 bits per heavy atom. The summed E-state index contributed by atoms with van der Waals surface area (Å²) in [5.41, 5.74) is 0.0129. The lowest BCUT2D eigenvalue weighted by Gasteiger charge is -2.38. The number of urea groups is 1. The molecule has 6 nitrogen and oxygen atoms in total. The van der Waals surface area contributed by atoms with Crippen molar-refractivity contribution in [1.29, 1.82) is 0 Å². The highest BCUT2D eigenvalue weighted by molar-refractivity contribution is 5.76. The Labute approximate surface area is 114 Å². The highest BCUT2D eigenvalue weighted by Crippen LogP contribution is 2.18. The Balaban J connectivity index is 2.68. The molecule has 2 amide bonds. The molecule has 1 saturated heterocycles. The van der Waals surface area contributed by atoms with Gasteiger partial charge in [-0.2, -0.15) is 0 Å². The Morgan fingerprint density at radius 3 is 2.58 bits per heavy atom. The van der Waals surface area contributed by atoms with Crippen LogP contribution in [-0.4, -0.2) is 66.3 Å². The molecule has 0 aromatic carbocycles. The molecule has 0 aromatic rings. The van der Waals surface area contributed by atoms with Crippen LogP contribution in [0, 0.1) is 5.41 Å². The van der Waals surface area contributed by atoms with Crippen molar-refractivity contribution in [3.05, 3.63) is 0 Å². The van der Waals surface area contributed by atoms with Crippen molar-refractivity contribution in [1.82, 2.24) is 9.80 Å². The molecule has 0 radical (unpaired) electrons. The topological polar surface area (TPSA) is 70.1 Å². The first-order valence-electron chi connectivity index (χ1n) is 6.52. The van der Waals surface area contributed by atoms with Gasteiger partial charge in [0, 0.05) is 20.1 Å². The third kappa shape index (κ3) is 5.06. The van der Waals surface area contributed by atoms with Gasteiger partial charge in [-0.15, -0.1) is 0 Å². The van der Waals surface area contributed by atoms with Crippen molar-refractivity contribution in [2.24, 2.45) is 5.41 Å². The van der Waals surface area contributed by atoms with E-state index in [2.05, 4.69) is 20.8 Å². The zero-order valence-electron chi connectivity index (χ0n) is 12.2. The molecule has 19 heavy (non-hydrogen) atoms. The van der Waals surface area contributed by atoms with E-state index >= 15 is 0 Å². The second-order valence-electron chi connectivity index (χ2n) is 6.22. The average Bonchev–Trinajstić information content (AvgIpc) is 2.25. The number of rotatable bonds is 3. The van der Waals surface area contributed by atoms with E-state index in [0.717, 1.165) is 0 Å². The first-order chi connectivity index (χ1) is 8.70. The highest BCUT2D eigenvalue weighted by atomic mass is 16.5. The van der Waals surface area contributed by atoms with Crippen LogP contribution in [0.25, 0.3) is 0 Å². The minimum Gasteiger partial charge on any atom is -0.481 e. The maximum atomic E-state index is 12.4. The highest BCUT2D eigenvalue weighted by Gasteiger charge is 2.31. The summed E-state index contributed by atoms with van der Waals surface area (Å²) in [6.45, 7) is 8.02. The van der Waals surface area contributed by atoms with Crippen molar-refractivity contribution >= 4 is 12.0 Å². The van der Waals surface area contributed by atoms with E-state index in [1.165, 1.54) is 0 Å². The number of carbonyl (C=O) groups is 2. The van der Waals surface area contributed by atoms with Crippen LogP contribution in [0.2, 0.25) is 0 Å². The normalized spacial score (nSPS) is 20.2. The van der Waals surface area contributed by atoms with Crippen molar-refractivity contribution < 1.29 is 19.4 Å². The quantitative estimate of drug-likeness (QED) is 0.839. The van der Waals surface area contributed by atoms with Gasteiger partial charge < -0.3 is 19.6 Å². The molecule has 1 aliphatic rings. The average molecular weight is 272 g/mol. The molecule has 6 heteroatoms. The van der Waals surface area contributed by atoms with Crippen LogP contribution in [0.15, 0.2) is 0 Å². The Bertz CT molecular complexity index is 338. The lowest BCUT2D eigenvalue weighted by molar-refractivity contribution is -0.139. The SMILES string of the molecule is CN(CC(C)(C)C)C(=O)N1CCOCC1CC(=O)O. The molecule has 0 saturated carbocycles. The van der Waals surface area contributed by atoms with Gasteiger partial charge in [0.15, 0.2) is 0 Å². The van der Waals surface area contributed by atoms with Gasteiger partial charge in [0.25, 0.3) is 0 Å². The number of nitrogens with zero attached hydrogens (tertiary/aromatic N) is 2. The van der Waals surface area contributed by atoms with Crippen molar-refractivity contribution in [3.8, 4) is 0 Å². The fourth-order valence-electron chi connectivity index (χ4n) is 2.28. The number of hydrogen-bond donors (Lipinski definition) is 1. The lowest BCUT2D eigenvalue weighted by atomic mass is 9.96. The number of amides is 2. The summed E-state index contributed by atoms with van der Waals surface area (Å²) < 4.78 is 5.27. The minimum absolute atomic E-state index is 0.0129. The number of carboxylic acids is 1. The van der Waals surface area contributed by atoms with E-state index in [1.807, 2.05) is 0 Å². The summed E-state index contributed by atoms with van der Waals surface area (Å²) >= 11 is 0. The minimum atomic E-state index is -0.910. The predicted octanol–water partition coefficient (Wildman–Crippen LogP) is 1.26. The molecule has 1 unspecified atom stereocenters. The standard InChI is InChI=1S/C13H24N2O4/c1-13(2,3)9-14(4)12(18)15-5-6-19-8-10(15)7-11(16)17/h10H,5-9H2,1-4H3,(H,16,17). The third-order valence-electron chi connectivity index (χ3n) is 2.92. The second kappa shape index (κ2) is 6.23. The fraction of sp³-hybridized carbons (Fsp3) is 0.846. The van der Waals surface area contributed by atoms with E-state index in [1.54, 1.807) is 16.8 Å². The Hall–Kier alpha value is -1.30. The second-order valence-corrected chi connectivity index (χ2v) is 6.22. The maximum absolute atomic E-state index is 12.4. The van der Waals surface area contributed by atoms with Crippen LogP contribution in [-0.2, 0) is 9.53 Å². The smallest absolute Gasteiger partial charge is 0.320 e. The van der Waals surface area contributed by atoms with E-state index in [9.17, 15) is 9.59 Å². The molecule has 0 aromatic heterocycles. The van der Waals surface area contributed by atoms with Gasteiger partial charge in [-0.05, 0) is 5.41 Å². The maximum Gasteiger partial charge on any atom is 0.320 e. The summed E-state index contributed by atoms with van der Waals surface area (Å²) in [6, 6.07) is -0.495. The number of morpholine rings is 1. The zero-order chi connectivity index (χ0) is 14.6. The predicted molar refractivity (Wildman–Crippen MR) is 71.0 cm³/mol.